The predicted molar refractivity (Wildman–Crippen MR) is 72.2 cm³/mol. The number of Topliss-reactive ketones (excluding diaryl/α,β-unsaturated/α-hetero) is 1. The molecule has 0 N–H and O–H groups in total. The standard InChI is InChI=1S/C17H14O2/c1-11-6-8-12(9-7-11)16-17(19-16)10-13-4-2-3-5-14(13)15(17)18/h2-9,16H,10H2,1H3/t16-,17-/m1/s1. The van der Waals surface area contributed by atoms with Crippen LogP contribution in [0.4, 0.5) is 0 Å². The molecule has 2 nitrogen and oxygen atoms in total. The van der Waals surface area contributed by atoms with E-state index in [-0.39, 0.29) is 11.9 Å². The zero-order chi connectivity index (χ0) is 13.0. The number of epoxide rings is 1. The molecule has 1 spiro atoms. The largest absolute Gasteiger partial charge is 0.352 e. The van der Waals surface area contributed by atoms with Gasteiger partial charge in [0.15, 0.2) is 11.4 Å². The average molecular weight is 250 g/mol. The van der Waals surface area contributed by atoms with E-state index in [1.165, 1.54) is 5.56 Å². The molecule has 0 radical (unpaired) electrons. The fourth-order valence-electron chi connectivity index (χ4n) is 3.05. The van der Waals surface area contributed by atoms with Gasteiger partial charge in [-0.15, -0.1) is 0 Å². The van der Waals surface area contributed by atoms with Crippen molar-refractivity contribution in [2.75, 3.05) is 0 Å². The summed E-state index contributed by atoms with van der Waals surface area (Å²) in [5, 5.41) is 0. The molecule has 0 saturated carbocycles. The molecule has 2 aliphatic rings. The van der Waals surface area contributed by atoms with Crippen LogP contribution in [0.2, 0.25) is 0 Å². The number of ether oxygens (including phenoxy) is 1. The Morgan fingerprint density at radius 3 is 2.58 bits per heavy atom. The van der Waals surface area contributed by atoms with Crippen molar-refractivity contribution in [3.05, 3.63) is 70.8 Å². The van der Waals surface area contributed by atoms with Crippen LogP contribution < -0.4 is 0 Å². The van der Waals surface area contributed by atoms with Gasteiger partial charge < -0.3 is 4.74 Å². The Labute approximate surface area is 112 Å². The second kappa shape index (κ2) is 3.55. The van der Waals surface area contributed by atoms with Gasteiger partial charge in [0.25, 0.3) is 0 Å². The van der Waals surface area contributed by atoms with E-state index in [1.807, 2.05) is 24.3 Å². The van der Waals surface area contributed by atoms with Crippen molar-refractivity contribution in [3.63, 3.8) is 0 Å². The van der Waals surface area contributed by atoms with E-state index in [0.717, 1.165) is 16.7 Å². The number of rotatable bonds is 1. The third kappa shape index (κ3) is 1.44. The summed E-state index contributed by atoms with van der Waals surface area (Å²) in [7, 11) is 0. The van der Waals surface area contributed by atoms with Gasteiger partial charge in [-0.25, -0.2) is 0 Å². The number of ketones is 1. The Morgan fingerprint density at radius 1 is 1.11 bits per heavy atom. The number of carbonyl (C=O) groups is 1. The summed E-state index contributed by atoms with van der Waals surface area (Å²) in [5.74, 6) is 0.147. The number of hydrogen-bond donors (Lipinski definition) is 0. The Balaban J connectivity index is 1.70. The molecule has 1 heterocycles. The van der Waals surface area contributed by atoms with Gasteiger partial charge in [-0.05, 0) is 18.1 Å². The van der Waals surface area contributed by atoms with Crippen molar-refractivity contribution < 1.29 is 9.53 Å². The Bertz CT molecular complexity index is 672. The monoisotopic (exact) mass is 250 g/mol. The Kier molecular flexibility index (Phi) is 2.04. The van der Waals surface area contributed by atoms with Gasteiger partial charge in [0.1, 0.15) is 6.10 Å². The number of fused-ring (bicyclic) bond motifs is 1. The van der Waals surface area contributed by atoms with Gasteiger partial charge in [-0.2, -0.15) is 0 Å². The molecule has 0 bridgehead atoms. The van der Waals surface area contributed by atoms with Gasteiger partial charge in [0.05, 0.1) is 0 Å². The van der Waals surface area contributed by atoms with Gasteiger partial charge in [0, 0.05) is 12.0 Å². The van der Waals surface area contributed by atoms with Crippen LogP contribution in [0.5, 0.6) is 0 Å². The van der Waals surface area contributed by atoms with Crippen LogP contribution in [0, 0.1) is 6.92 Å². The molecule has 0 aromatic heterocycles. The lowest BCUT2D eigenvalue weighted by atomic mass is 9.95. The van der Waals surface area contributed by atoms with E-state index >= 15 is 0 Å². The first-order chi connectivity index (χ1) is 9.21. The van der Waals surface area contributed by atoms with Crippen molar-refractivity contribution in [2.24, 2.45) is 0 Å². The van der Waals surface area contributed by atoms with Crippen molar-refractivity contribution in [1.82, 2.24) is 0 Å². The van der Waals surface area contributed by atoms with Crippen LogP contribution in [0.1, 0.15) is 33.2 Å². The highest BCUT2D eigenvalue weighted by atomic mass is 16.6. The first kappa shape index (κ1) is 10.9. The lowest BCUT2D eigenvalue weighted by molar-refractivity contribution is 0.0894. The summed E-state index contributed by atoms with van der Waals surface area (Å²) in [5.41, 5.74) is 3.66. The number of benzene rings is 2. The third-order valence-electron chi connectivity index (χ3n) is 4.17. The molecule has 0 unspecified atom stereocenters. The highest BCUT2D eigenvalue weighted by molar-refractivity contribution is 6.09. The van der Waals surface area contributed by atoms with Crippen LogP contribution in [0.15, 0.2) is 48.5 Å². The maximum Gasteiger partial charge on any atom is 0.198 e. The smallest absolute Gasteiger partial charge is 0.198 e. The van der Waals surface area contributed by atoms with E-state index in [2.05, 4.69) is 31.2 Å². The molecule has 1 aliphatic carbocycles. The van der Waals surface area contributed by atoms with Crippen LogP contribution in [-0.2, 0) is 11.2 Å². The predicted octanol–water partition coefficient (Wildman–Crippen LogP) is 3.24. The molecule has 1 saturated heterocycles. The van der Waals surface area contributed by atoms with Crippen molar-refractivity contribution in [2.45, 2.75) is 25.0 Å². The van der Waals surface area contributed by atoms with Crippen molar-refractivity contribution in [3.8, 4) is 0 Å². The average Bonchev–Trinajstić information content (AvgIpc) is 3.07. The minimum Gasteiger partial charge on any atom is -0.352 e. The molecule has 1 fully saturated rings. The minimum atomic E-state index is -0.612. The van der Waals surface area contributed by atoms with Gasteiger partial charge in [-0.1, -0.05) is 54.1 Å². The lowest BCUT2D eigenvalue weighted by Gasteiger charge is -2.01. The molecule has 2 atom stereocenters. The molecule has 4 rings (SSSR count). The molecule has 94 valence electrons. The molecule has 2 heteroatoms. The first-order valence-electron chi connectivity index (χ1n) is 6.58. The molecule has 19 heavy (non-hydrogen) atoms. The fraction of sp³-hybridized carbons (Fsp3) is 0.235. The zero-order valence-corrected chi connectivity index (χ0v) is 10.7. The van der Waals surface area contributed by atoms with Crippen LogP contribution in [0.25, 0.3) is 0 Å². The van der Waals surface area contributed by atoms with Gasteiger partial charge in [-0.3, -0.25) is 4.79 Å². The first-order valence-corrected chi connectivity index (χ1v) is 6.58. The minimum absolute atomic E-state index is 0.0759. The normalized spacial score (nSPS) is 27.6. The molecule has 2 aromatic carbocycles. The van der Waals surface area contributed by atoms with Crippen LogP contribution >= 0.6 is 0 Å². The highest BCUT2D eigenvalue weighted by Gasteiger charge is 2.65. The van der Waals surface area contributed by atoms with Crippen molar-refractivity contribution in [1.29, 1.82) is 0 Å². The van der Waals surface area contributed by atoms with E-state index < -0.39 is 5.60 Å². The number of carbonyl (C=O) groups excluding carboxylic acids is 1. The molecule has 2 aromatic rings. The Morgan fingerprint density at radius 2 is 1.84 bits per heavy atom. The van der Waals surface area contributed by atoms with E-state index in [1.54, 1.807) is 0 Å². The Hall–Kier alpha value is -1.93. The van der Waals surface area contributed by atoms with Crippen LogP contribution in [0.3, 0.4) is 0 Å². The highest BCUT2D eigenvalue weighted by Crippen LogP contribution is 2.56. The fourth-order valence-corrected chi connectivity index (χ4v) is 3.05. The SMILES string of the molecule is Cc1ccc([C@H]2O[C@@]23Cc2ccccc2C3=O)cc1. The molecule has 0 amide bonds. The summed E-state index contributed by atoms with van der Waals surface area (Å²) in [4.78, 5) is 12.5. The maximum atomic E-state index is 12.5. The number of aryl methyl sites for hydroxylation is 1. The van der Waals surface area contributed by atoms with Crippen LogP contribution in [-0.4, -0.2) is 11.4 Å². The van der Waals surface area contributed by atoms with Gasteiger partial charge in [0.2, 0.25) is 0 Å². The van der Waals surface area contributed by atoms with Crippen molar-refractivity contribution >= 4 is 5.78 Å². The molecular weight excluding hydrogens is 236 g/mol. The summed E-state index contributed by atoms with van der Waals surface area (Å²) in [6.45, 7) is 2.06. The molecule has 1 aliphatic heterocycles. The zero-order valence-electron chi connectivity index (χ0n) is 10.7. The summed E-state index contributed by atoms with van der Waals surface area (Å²) in [6, 6.07) is 16.1. The second-order valence-corrected chi connectivity index (χ2v) is 5.46. The molecular formula is C17H14O2. The summed E-state index contributed by atoms with van der Waals surface area (Å²) in [6.07, 6.45) is 0.633. The third-order valence-corrected chi connectivity index (χ3v) is 4.17. The van der Waals surface area contributed by atoms with Gasteiger partial charge >= 0.3 is 0 Å². The summed E-state index contributed by atoms with van der Waals surface area (Å²) >= 11 is 0. The van der Waals surface area contributed by atoms with E-state index in [0.29, 0.717) is 6.42 Å². The second-order valence-electron chi connectivity index (χ2n) is 5.46. The summed E-state index contributed by atoms with van der Waals surface area (Å²) < 4.78 is 5.84. The lowest BCUT2D eigenvalue weighted by Crippen LogP contribution is -2.20. The topological polar surface area (TPSA) is 29.6 Å². The maximum absolute atomic E-state index is 12.5. The van der Waals surface area contributed by atoms with E-state index in [4.69, 9.17) is 4.74 Å². The number of hydrogen-bond acceptors (Lipinski definition) is 2. The van der Waals surface area contributed by atoms with E-state index in [9.17, 15) is 4.79 Å². The quantitative estimate of drug-likeness (QED) is 0.727.